The van der Waals surface area contributed by atoms with Crippen LogP contribution in [0.2, 0.25) is 0 Å². The van der Waals surface area contributed by atoms with Gasteiger partial charge in [-0.05, 0) is 37.5 Å². The van der Waals surface area contributed by atoms with Crippen molar-refractivity contribution in [3.63, 3.8) is 0 Å². The molecular weight excluding hydrogens is 326 g/mol. The molecule has 26 heavy (non-hydrogen) atoms. The number of carbonyl (C=O) groups excluding carboxylic acids is 1. The molecule has 1 saturated heterocycles. The number of nitrogens with one attached hydrogen (secondary N) is 1. The number of para-hydroxylation sites is 2. The molecule has 5 heteroatoms. The van der Waals surface area contributed by atoms with E-state index in [4.69, 9.17) is 4.42 Å². The predicted octanol–water partition coefficient (Wildman–Crippen LogP) is 3.67. The predicted molar refractivity (Wildman–Crippen MR) is 102 cm³/mol. The van der Waals surface area contributed by atoms with Crippen molar-refractivity contribution in [3.8, 4) is 0 Å². The minimum atomic E-state index is 0.0560. The van der Waals surface area contributed by atoms with Crippen LogP contribution >= 0.6 is 0 Å². The van der Waals surface area contributed by atoms with Gasteiger partial charge in [-0.3, -0.25) is 4.79 Å². The zero-order chi connectivity index (χ0) is 17.9. The van der Waals surface area contributed by atoms with Crippen molar-refractivity contribution in [2.75, 3.05) is 18.0 Å². The van der Waals surface area contributed by atoms with E-state index in [9.17, 15) is 4.79 Å². The molecule has 1 fully saturated rings. The SMILES string of the molecule is Cc1cccc(CNC(=O)C2CCN(c3nc4ccccc4o3)CC2)c1. The number of anilines is 1. The molecule has 0 spiro atoms. The number of aromatic nitrogens is 1. The second kappa shape index (κ2) is 7.20. The Hall–Kier alpha value is -2.82. The van der Waals surface area contributed by atoms with Crippen LogP contribution in [0.25, 0.3) is 11.1 Å². The fraction of sp³-hybridized carbons (Fsp3) is 0.333. The van der Waals surface area contributed by atoms with Crippen molar-refractivity contribution in [2.45, 2.75) is 26.3 Å². The molecule has 2 heterocycles. The zero-order valence-corrected chi connectivity index (χ0v) is 14.9. The number of hydrogen-bond acceptors (Lipinski definition) is 4. The highest BCUT2D eigenvalue weighted by molar-refractivity contribution is 5.79. The maximum atomic E-state index is 12.5. The van der Waals surface area contributed by atoms with E-state index >= 15 is 0 Å². The van der Waals surface area contributed by atoms with Crippen LogP contribution in [0.1, 0.15) is 24.0 Å². The number of amides is 1. The van der Waals surface area contributed by atoms with Gasteiger partial charge in [-0.2, -0.15) is 4.98 Å². The highest BCUT2D eigenvalue weighted by Gasteiger charge is 2.27. The summed E-state index contributed by atoms with van der Waals surface area (Å²) in [6.07, 6.45) is 1.64. The maximum Gasteiger partial charge on any atom is 0.298 e. The topological polar surface area (TPSA) is 58.4 Å². The van der Waals surface area contributed by atoms with E-state index in [-0.39, 0.29) is 11.8 Å². The van der Waals surface area contributed by atoms with Crippen LogP contribution in [-0.2, 0) is 11.3 Å². The minimum absolute atomic E-state index is 0.0560. The first-order valence-electron chi connectivity index (χ1n) is 9.13. The normalized spacial score (nSPS) is 15.3. The summed E-state index contributed by atoms with van der Waals surface area (Å²) >= 11 is 0. The summed E-state index contributed by atoms with van der Waals surface area (Å²) in [5, 5.41) is 3.08. The molecule has 3 aromatic rings. The van der Waals surface area contributed by atoms with E-state index in [1.807, 2.05) is 36.4 Å². The second-order valence-electron chi connectivity index (χ2n) is 6.93. The lowest BCUT2D eigenvalue weighted by Gasteiger charge is -2.30. The molecule has 1 aliphatic rings. The van der Waals surface area contributed by atoms with Crippen molar-refractivity contribution in [2.24, 2.45) is 5.92 Å². The molecule has 0 bridgehead atoms. The quantitative estimate of drug-likeness (QED) is 0.781. The largest absolute Gasteiger partial charge is 0.423 e. The molecule has 0 atom stereocenters. The standard InChI is InChI=1S/C21H23N3O2/c1-15-5-4-6-16(13-15)14-22-20(25)17-9-11-24(12-10-17)21-23-18-7-2-3-8-19(18)26-21/h2-8,13,17H,9-12,14H2,1H3,(H,22,25). The van der Waals surface area contributed by atoms with Gasteiger partial charge in [0.2, 0.25) is 5.91 Å². The summed E-state index contributed by atoms with van der Waals surface area (Å²) in [5.74, 6) is 0.198. The molecule has 1 amide bonds. The van der Waals surface area contributed by atoms with Gasteiger partial charge in [0.05, 0.1) is 0 Å². The van der Waals surface area contributed by atoms with E-state index in [2.05, 4.69) is 34.3 Å². The van der Waals surface area contributed by atoms with Crippen molar-refractivity contribution in [1.29, 1.82) is 0 Å². The third-order valence-electron chi connectivity index (χ3n) is 4.97. The Bertz CT molecular complexity index is 877. The number of fused-ring (bicyclic) bond motifs is 1. The number of carbonyl (C=O) groups is 1. The number of rotatable bonds is 4. The van der Waals surface area contributed by atoms with Gasteiger partial charge in [-0.15, -0.1) is 0 Å². The van der Waals surface area contributed by atoms with Gasteiger partial charge in [-0.1, -0.05) is 42.0 Å². The van der Waals surface area contributed by atoms with E-state index in [1.54, 1.807) is 0 Å². The molecule has 0 radical (unpaired) electrons. The average Bonchev–Trinajstić information content (AvgIpc) is 3.10. The van der Waals surface area contributed by atoms with Crippen molar-refractivity contribution < 1.29 is 9.21 Å². The van der Waals surface area contributed by atoms with Gasteiger partial charge >= 0.3 is 0 Å². The fourth-order valence-corrected chi connectivity index (χ4v) is 3.48. The molecule has 1 N–H and O–H groups in total. The molecule has 2 aromatic carbocycles. The third kappa shape index (κ3) is 3.57. The van der Waals surface area contributed by atoms with Crippen LogP contribution in [0.15, 0.2) is 52.9 Å². The number of piperidine rings is 1. The van der Waals surface area contributed by atoms with Gasteiger partial charge in [0.15, 0.2) is 5.58 Å². The Balaban J connectivity index is 1.32. The van der Waals surface area contributed by atoms with E-state index in [0.29, 0.717) is 12.6 Å². The van der Waals surface area contributed by atoms with Crippen molar-refractivity contribution >= 4 is 23.0 Å². The Kier molecular flexibility index (Phi) is 4.61. The van der Waals surface area contributed by atoms with Gasteiger partial charge in [0.25, 0.3) is 6.01 Å². The van der Waals surface area contributed by atoms with Crippen LogP contribution in [0.3, 0.4) is 0 Å². The summed E-state index contributed by atoms with van der Waals surface area (Å²) in [6, 6.07) is 16.7. The Morgan fingerprint density at radius 1 is 1.19 bits per heavy atom. The number of aryl methyl sites for hydroxylation is 1. The number of nitrogens with zero attached hydrogens (tertiary/aromatic N) is 2. The molecule has 4 rings (SSSR count). The summed E-state index contributed by atoms with van der Waals surface area (Å²) in [7, 11) is 0. The smallest absolute Gasteiger partial charge is 0.298 e. The molecule has 134 valence electrons. The molecule has 1 aliphatic heterocycles. The third-order valence-corrected chi connectivity index (χ3v) is 4.97. The Morgan fingerprint density at radius 2 is 2.00 bits per heavy atom. The van der Waals surface area contributed by atoms with Gasteiger partial charge < -0.3 is 14.6 Å². The van der Waals surface area contributed by atoms with E-state index < -0.39 is 0 Å². The van der Waals surface area contributed by atoms with Crippen LogP contribution in [-0.4, -0.2) is 24.0 Å². The summed E-state index contributed by atoms with van der Waals surface area (Å²) in [6.45, 7) is 4.23. The van der Waals surface area contributed by atoms with Crippen molar-refractivity contribution in [1.82, 2.24) is 10.3 Å². The first-order chi connectivity index (χ1) is 12.7. The molecule has 1 aromatic heterocycles. The Morgan fingerprint density at radius 3 is 2.77 bits per heavy atom. The highest BCUT2D eigenvalue weighted by Crippen LogP contribution is 2.26. The summed E-state index contributed by atoms with van der Waals surface area (Å²) in [5.41, 5.74) is 4.03. The molecule has 0 saturated carbocycles. The molecule has 0 aliphatic carbocycles. The minimum Gasteiger partial charge on any atom is -0.423 e. The van der Waals surface area contributed by atoms with Crippen LogP contribution < -0.4 is 10.2 Å². The highest BCUT2D eigenvalue weighted by atomic mass is 16.4. The van der Waals surface area contributed by atoms with Crippen LogP contribution in [0, 0.1) is 12.8 Å². The van der Waals surface area contributed by atoms with E-state index in [0.717, 1.165) is 42.6 Å². The average molecular weight is 349 g/mol. The van der Waals surface area contributed by atoms with Crippen molar-refractivity contribution in [3.05, 3.63) is 59.7 Å². The monoisotopic (exact) mass is 349 g/mol. The summed E-state index contributed by atoms with van der Waals surface area (Å²) < 4.78 is 5.83. The fourth-order valence-electron chi connectivity index (χ4n) is 3.48. The van der Waals surface area contributed by atoms with Gasteiger partial charge in [-0.25, -0.2) is 0 Å². The lowest BCUT2D eigenvalue weighted by atomic mass is 9.96. The Labute approximate surface area is 153 Å². The molecule has 5 nitrogen and oxygen atoms in total. The summed E-state index contributed by atoms with van der Waals surface area (Å²) in [4.78, 5) is 19.2. The molecule has 0 unspecified atom stereocenters. The zero-order valence-electron chi connectivity index (χ0n) is 14.9. The maximum absolute atomic E-state index is 12.5. The number of hydrogen-bond donors (Lipinski definition) is 1. The van der Waals surface area contributed by atoms with Crippen LogP contribution in [0.5, 0.6) is 0 Å². The van der Waals surface area contributed by atoms with Crippen LogP contribution in [0.4, 0.5) is 6.01 Å². The lowest BCUT2D eigenvalue weighted by Crippen LogP contribution is -2.40. The first kappa shape index (κ1) is 16.6. The number of oxazole rings is 1. The first-order valence-corrected chi connectivity index (χ1v) is 9.13. The number of benzene rings is 2. The van der Waals surface area contributed by atoms with E-state index in [1.165, 1.54) is 5.56 Å². The van der Waals surface area contributed by atoms with Gasteiger partial charge in [0.1, 0.15) is 5.52 Å². The second-order valence-corrected chi connectivity index (χ2v) is 6.93. The molecular formula is C21H23N3O2. The van der Waals surface area contributed by atoms with Gasteiger partial charge in [0, 0.05) is 25.6 Å². The lowest BCUT2D eigenvalue weighted by molar-refractivity contribution is -0.125.